The average Bonchev–Trinajstić information content (AvgIpc) is 2.67. The minimum Gasteiger partial charge on any atom is -0.316 e. The summed E-state index contributed by atoms with van der Waals surface area (Å²) in [6, 6.07) is 7.49. The Morgan fingerprint density at radius 2 is 1.72 bits per heavy atom. The fraction of sp³-hybridized carbons (Fsp3) is 0.625. The molecular formula is C16H24FN. The first kappa shape index (κ1) is 13.5. The molecule has 2 heteroatoms. The molecule has 1 aromatic carbocycles. The molecule has 100 valence electrons. The number of hydrogen-bond donors (Lipinski definition) is 1. The largest absolute Gasteiger partial charge is 0.316 e. The summed E-state index contributed by atoms with van der Waals surface area (Å²) in [4.78, 5) is 0. The van der Waals surface area contributed by atoms with Crippen LogP contribution in [0.1, 0.15) is 44.1 Å². The molecule has 0 bridgehead atoms. The number of benzene rings is 1. The van der Waals surface area contributed by atoms with Gasteiger partial charge in [-0.05, 0) is 49.9 Å². The third-order valence-corrected chi connectivity index (χ3v) is 4.21. The van der Waals surface area contributed by atoms with Crippen LogP contribution in [0.5, 0.6) is 0 Å². The van der Waals surface area contributed by atoms with Crippen LogP contribution in [-0.2, 0) is 6.42 Å². The summed E-state index contributed by atoms with van der Waals surface area (Å²) in [6.45, 7) is 0. The fourth-order valence-electron chi connectivity index (χ4n) is 3.09. The molecule has 0 spiro atoms. The second-order valence-corrected chi connectivity index (χ2v) is 5.48. The van der Waals surface area contributed by atoms with Crippen molar-refractivity contribution >= 4 is 0 Å². The van der Waals surface area contributed by atoms with Gasteiger partial charge in [-0.1, -0.05) is 37.8 Å². The number of rotatable bonds is 4. The van der Waals surface area contributed by atoms with Crippen molar-refractivity contribution in [2.24, 2.45) is 5.92 Å². The van der Waals surface area contributed by atoms with Gasteiger partial charge >= 0.3 is 0 Å². The van der Waals surface area contributed by atoms with Crippen molar-refractivity contribution in [3.05, 3.63) is 35.6 Å². The standard InChI is InChI=1S/C16H24FN/c1-18-16(14-6-4-2-3-5-7-14)12-13-8-10-15(17)11-9-13/h8-11,14,16,18H,2-7,12H2,1H3. The van der Waals surface area contributed by atoms with E-state index in [-0.39, 0.29) is 5.82 Å². The van der Waals surface area contributed by atoms with E-state index in [1.807, 2.05) is 12.1 Å². The van der Waals surface area contributed by atoms with Gasteiger partial charge in [0.2, 0.25) is 0 Å². The summed E-state index contributed by atoms with van der Waals surface area (Å²) in [5.41, 5.74) is 1.24. The number of likely N-dealkylation sites (N-methyl/N-ethyl adjacent to an activating group) is 1. The minimum atomic E-state index is -0.144. The third kappa shape index (κ3) is 3.81. The summed E-state index contributed by atoms with van der Waals surface area (Å²) in [6.07, 6.45) is 9.21. The van der Waals surface area contributed by atoms with Crippen LogP contribution in [0.4, 0.5) is 4.39 Å². The fourth-order valence-corrected chi connectivity index (χ4v) is 3.09. The molecule has 1 unspecified atom stereocenters. The highest BCUT2D eigenvalue weighted by Gasteiger charge is 2.21. The Kier molecular flexibility index (Phi) is 5.18. The summed E-state index contributed by atoms with van der Waals surface area (Å²) in [5, 5.41) is 3.47. The first-order valence-corrected chi connectivity index (χ1v) is 7.21. The quantitative estimate of drug-likeness (QED) is 0.797. The minimum absolute atomic E-state index is 0.144. The topological polar surface area (TPSA) is 12.0 Å². The molecule has 1 nitrogen and oxygen atoms in total. The highest BCUT2D eigenvalue weighted by Crippen LogP contribution is 2.27. The van der Waals surface area contributed by atoms with E-state index in [9.17, 15) is 4.39 Å². The maximum Gasteiger partial charge on any atom is 0.123 e. The van der Waals surface area contributed by atoms with Crippen molar-refractivity contribution in [1.82, 2.24) is 5.32 Å². The molecule has 2 rings (SSSR count). The van der Waals surface area contributed by atoms with Crippen LogP contribution >= 0.6 is 0 Å². The van der Waals surface area contributed by atoms with Gasteiger partial charge in [0.15, 0.2) is 0 Å². The number of halogens is 1. The van der Waals surface area contributed by atoms with Gasteiger partial charge < -0.3 is 5.32 Å². The lowest BCUT2D eigenvalue weighted by Gasteiger charge is -2.26. The first-order valence-electron chi connectivity index (χ1n) is 7.21. The smallest absolute Gasteiger partial charge is 0.123 e. The molecule has 0 aromatic heterocycles. The summed E-state index contributed by atoms with van der Waals surface area (Å²) in [7, 11) is 2.05. The van der Waals surface area contributed by atoms with Gasteiger partial charge in [-0.25, -0.2) is 4.39 Å². The summed E-state index contributed by atoms with van der Waals surface area (Å²) in [5.74, 6) is 0.636. The van der Waals surface area contributed by atoms with Crippen LogP contribution in [0.25, 0.3) is 0 Å². The Bertz CT molecular complexity index is 339. The Balaban J connectivity index is 1.97. The lowest BCUT2D eigenvalue weighted by atomic mass is 9.88. The molecule has 0 amide bonds. The zero-order valence-electron chi connectivity index (χ0n) is 11.3. The van der Waals surface area contributed by atoms with Gasteiger partial charge in [-0.3, -0.25) is 0 Å². The van der Waals surface area contributed by atoms with Gasteiger partial charge in [-0.15, -0.1) is 0 Å². The van der Waals surface area contributed by atoms with E-state index in [1.54, 1.807) is 12.1 Å². The van der Waals surface area contributed by atoms with Crippen molar-refractivity contribution in [2.75, 3.05) is 7.05 Å². The van der Waals surface area contributed by atoms with Crippen LogP contribution in [0, 0.1) is 11.7 Å². The van der Waals surface area contributed by atoms with Crippen LogP contribution in [0.2, 0.25) is 0 Å². The Morgan fingerprint density at radius 1 is 1.11 bits per heavy atom. The third-order valence-electron chi connectivity index (χ3n) is 4.21. The van der Waals surface area contributed by atoms with E-state index in [1.165, 1.54) is 44.1 Å². The van der Waals surface area contributed by atoms with Crippen molar-refractivity contribution in [1.29, 1.82) is 0 Å². The van der Waals surface area contributed by atoms with E-state index in [4.69, 9.17) is 0 Å². The Labute approximate surface area is 110 Å². The molecule has 1 aromatic rings. The molecule has 18 heavy (non-hydrogen) atoms. The molecule has 1 fully saturated rings. The monoisotopic (exact) mass is 249 g/mol. The van der Waals surface area contributed by atoms with Crippen molar-refractivity contribution in [3.63, 3.8) is 0 Å². The van der Waals surface area contributed by atoms with Crippen LogP contribution in [0.15, 0.2) is 24.3 Å². The first-order chi connectivity index (χ1) is 8.79. The average molecular weight is 249 g/mol. The van der Waals surface area contributed by atoms with E-state index in [0.717, 1.165) is 12.3 Å². The molecule has 0 heterocycles. The normalized spacial score (nSPS) is 19.4. The van der Waals surface area contributed by atoms with Gasteiger partial charge in [0.25, 0.3) is 0 Å². The lowest BCUT2D eigenvalue weighted by Crippen LogP contribution is -2.35. The highest BCUT2D eigenvalue weighted by atomic mass is 19.1. The Morgan fingerprint density at radius 3 is 2.28 bits per heavy atom. The van der Waals surface area contributed by atoms with Crippen molar-refractivity contribution in [2.45, 2.75) is 51.0 Å². The summed E-state index contributed by atoms with van der Waals surface area (Å²) >= 11 is 0. The zero-order chi connectivity index (χ0) is 12.8. The molecule has 1 atom stereocenters. The number of hydrogen-bond acceptors (Lipinski definition) is 1. The molecule has 1 N–H and O–H groups in total. The van der Waals surface area contributed by atoms with Gasteiger partial charge in [-0.2, -0.15) is 0 Å². The maximum absolute atomic E-state index is 12.9. The van der Waals surface area contributed by atoms with Crippen LogP contribution in [-0.4, -0.2) is 13.1 Å². The molecule has 1 aliphatic carbocycles. The van der Waals surface area contributed by atoms with E-state index in [0.29, 0.717) is 6.04 Å². The van der Waals surface area contributed by atoms with Gasteiger partial charge in [0.1, 0.15) is 5.82 Å². The van der Waals surface area contributed by atoms with Crippen LogP contribution < -0.4 is 5.32 Å². The molecular weight excluding hydrogens is 225 g/mol. The predicted molar refractivity (Wildman–Crippen MR) is 74.1 cm³/mol. The van der Waals surface area contributed by atoms with E-state index in [2.05, 4.69) is 12.4 Å². The second kappa shape index (κ2) is 6.89. The lowest BCUT2D eigenvalue weighted by molar-refractivity contribution is 0.332. The van der Waals surface area contributed by atoms with E-state index >= 15 is 0 Å². The molecule has 0 aliphatic heterocycles. The summed E-state index contributed by atoms with van der Waals surface area (Å²) < 4.78 is 12.9. The SMILES string of the molecule is CNC(Cc1ccc(F)cc1)C1CCCCCC1. The Hall–Kier alpha value is -0.890. The van der Waals surface area contributed by atoms with Crippen molar-refractivity contribution < 1.29 is 4.39 Å². The zero-order valence-corrected chi connectivity index (χ0v) is 11.3. The highest BCUT2D eigenvalue weighted by molar-refractivity contribution is 5.17. The van der Waals surface area contributed by atoms with Gasteiger partial charge in [0, 0.05) is 6.04 Å². The van der Waals surface area contributed by atoms with Crippen molar-refractivity contribution in [3.8, 4) is 0 Å². The molecule has 0 radical (unpaired) electrons. The maximum atomic E-state index is 12.9. The molecule has 0 saturated heterocycles. The molecule has 1 aliphatic rings. The predicted octanol–water partition coefficient (Wildman–Crippen LogP) is 3.93. The van der Waals surface area contributed by atoms with Gasteiger partial charge in [0.05, 0.1) is 0 Å². The van der Waals surface area contributed by atoms with Crippen LogP contribution in [0.3, 0.4) is 0 Å². The van der Waals surface area contributed by atoms with E-state index < -0.39 is 0 Å². The number of nitrogens with one attached hydrogen (secondary N) is 1. The molecule has 1 saturated carbocycles. The second-order valence-electron chi connectivity index (χ2n) is 5.48.